The van der Waals surface area contributed by atoms with Gasteiger partial charge >= 0.3 is 0 Å². The van der Waals surface area contributed by atoms with Crippen LogP contribution in [0.1, 0.15) is 11.1 Å². The minimum absolute atomic E-state index is 0.0221. The van der Waals surface area contributed by atoms with Crippen molar-refractivity contribution in [2.24, 2.45) is 0 Å². The molecule has 0 spiro atoms. The van der Waals surface area contributed by atoms with Crippen LogP contribution in [0.4, 0.5) is 15.8 Å². The van der Waals surface area contributed by atoms with Crippen molar-refractivity contribution in [1.29, 1.82) is 0 Å². The molecule has 8 heteroatoms. The van der Waals surface area contributed by atoms with Gasteiger partial charge in [-0.15, -0.1) is 11.8 Å². The van der Waals surface area contributed by atoms with E-state index in [0.717, 1.165) is 26.4 Å². The molecule has 0 aromatic heterocycles. The minimum Gasteiger partial charge on any atom is -0.324 e. The van der Waals surface area contributed by atoms with Gasteiger partial charge in [0.15, 0.2) is 0 Å². The van der Waals surface area contributed by atoms with Gasteiger partial charge in [0.25, 0.3) is 10.0 Å². The average Bonchev–Trinajstić information content (AvgIpc) is 2.74. The monoisotopic (exact) mass is 458 g/mol. The second-order valence-electron chi connectivity index (χ2n) is 7.03. The molecule has 0 aliphatic carbocycles. The van der Waals surface area contributed by atoms with Crippen molar-refractivity contribution in [3.8, 4) is 0 Å². The quantitative estimate of drug-likeness (QED) is 0.506. The van der Waals surface area contributed by atoms with E-state index >= 15 is 0 Å². The number of hydrogen-bond donors (Lipinski definition) is 1. The zero-order valence-electron chi connectivity index (χ0n) is 17.4. The van der Waals surface area contributed by atoms with Crippen LogP contribution in [-0.4, -0.2) is 27.1 Å². The first-order chi connectivity index (χ1) is 14.7. The molecule has 0 saturated carbocycles. The number of carbonyl (C=O) groups excluding carboxylic acids is 1. The van der Waals surface area contributed by atoms with Crippen LogP contribution in [-0.2, 0) is 14.8 Å². The Hall–Kier alpha value is -2.84. The second kappa shape index (κ2) is 9.53. The van der Waals surface area contributed by atoms with Gasteiger partial charge in [-0.25, -0.2) is 12.8 Å². The van der Waals surface area contributed by atoms with Gasteiger partial charge in [-0.05, 0) is 74.2 Å². The first-order valence-corrected chi connectivity index (χ1v) is 12.2. The maximum atomic E-state index is 13.9. The van der Waals surface area contributed by atoms with Crippen LogP contribution in [0.15, 0.2) is 76.5 Å². The van der Waals surface area contributed by atoms with Gasteiger partial charge < -0.3 is 5.32 Å². The smallest absolute Gasteiger partial charge is 0.264 e. The van der Waals surface area contributed by atoms with Crippen LogP contribution in [0.2, 0.25) is 0 Å². The number of benzene rings is 3. The summed E-state index contributed by atoms with van der Waals surface area (Å²) in [5, 5.41) is 2.75. The summed E-state index contributed by atoms with van der Waals surface area (Å²) in [6, 6.07) is 17.1. The summed E-state index contributed by atoms with van der Waals surface area (Å²) < 4.78 is 41.5. The Morgan fingerprint density at radius 3 is 2.35 bits per heavy atom. The largest absolute Gasteiger partial charge is 0.324 e. The van der Waals surface area contributed by atoms with Crippen molar-refractivity contribution in [1.82, 2.24) is 0 Å². The molecule has 0 aliphatic heterocycles. The van der Waals surface area contributed by atoms with E-state index in [1.807, 2.05) is 32.2 Å². The summed E-state index contributed by atoms with van der Waals surface area (Å²) in [5.41, 5.74) is 2.58. The Morgan fingerprint density at radius 2 is 1.74 bits per heavy atom. The van der Waals surface area contributed by atoms with Crippen molar-refractivity contribution < 1.29 is 17.6 Å². The number of carbonyl (C=O) groups is 1. The summed E-state index contributed by atoms with van der Waals surface area (Å²) in [6.07, 6.45) is 1.89. The highest BCUT2D eigenvalue weighted by molar-refractivity contribution is 7.98. The Morgan fingerprint density at radius 1 is 1.03 bits per heavy atom. The number of nitrogens with one attached hydrogen (secondary N) is 1. The number of amides is 1. The number of anilines is 2. The highest BCUT2D eigenvalue weighted by Gasteiger charge is 2.27. The Bertz CT molecular complexity index is 1200. The van der Waals surface area contributed by atoms with Crippen molar-refractivity contribution in [2.75, 3.05) is 22.4 Å². The number of hydrogen-bond acceptors (Lipinski definition) is 4. The molecule has 0 atom stereocenters. The average molecular weight is 459 g/mol. The Labute approximate surface area is 186 Å². The molecular formula is C23H23FN2O3S2. The van der Waals surface area contributed by atoms with Gasteiger partial charge in [-0.2, -0.15) is 0 Å². The van der Waals surface area contributed by atoms with Crippen LogP contribution in [0.3, 0.4) is 0 Å². The summed E-state index contributed by atoms with van der Waals surface area (Å²) >= 11 is 1.49. The van der Waals surface area contributed by atoms with Crippen LogP contribution < -0.4 is 9.62 Å². The van der Waals surface area contributed by atoms with Gasteiger partial charge in [0.2, 0.25) is 5.91 Å². The molecule has 3 aromatic carbocycles. The van der Waals surface area contributed by atoms with Crippen molar-refractivity contribution in [3.63, 3.8) is 0 Å². The third kappa shape index (κ3) is 5.45. The molecule has 0 heterocycles. The summed E-state index contributed by atoms with van der Waals surface area (Å²) in [4.78, 5) is 13.7. The van der Waals surface area contributed by atoms with Gasteiger partial charge in [0, 0.05) is 10.6 Å². The third-order valence-electron chi connectivity index (χ3n) is 4.69. The van der Waals surface area contributed by atoms with E-state index in [-0.39, 0.29) is 10.6 Å². The Kier molecular flexibility index (Phi) is 7.02. The zero-order chi connectivity index (χ0) is 22.6. The second-order valence-corrected chi connectivity index (χ2v) is 9.78. The fourth-order valence-electron chi connectivity index (χ4n) is 3.10. The first kappa shape index (κ1) is 22.8. The van der Waals surface area contributed by atoms with E-state index in [2.05, 4.69) is 5.32 Å². The third-order valence-corrected chi connectivity index (χ3v) is 7.22. The molecule has 0 fully saturated rings. The van der Waals surface area contributed by atoms with Crippen LogP contribution >= 0.6 is 11.8 Å². The number of thioether (sulfide) groups is 1. The lowest BCUT2D eigenvalue weighted by Crippen LogP contribution is -2.38. The van der Waals surface area contributed by atoms with Gasteiger partial charge in [0.1, 0.15) is 12.4 Å². The van der Waals surface area contributed by atoms with Crippen molar-refractivity contribution in [2.45, 2.75) is 23.6 Å². The van der Waals surface area contributed by atoms with Crippen molar-refractivity contribution >= 4 is 39.1 Å². The summed E-state index contributed by atoms with van der Waals surface area (Å²) in [7, 11) is -4.10. The lowest BCUT2D eigenvalue weighted by molar-refractivity contribution is -0.114. The van der Waals surface area contributed by atoms with E-state index in [1.165, 1.54) is 42.1 Å². The highest BCUT2D eigenvalue weighted by Crippen LogP contribution is 2.26. The molecular weight excluding hydrogens is 435 g/mol. The first-order valence-electron chi connectivity index (χ1n) is 9.50. The lowest BCUT2D eigenvalue weighted by Gasteiger charge is -2.24. The molecule has 0 radical (unpaired) electrons. The maximum Gasteiger partial charge on any atom is 0.264 e. The van der Waals surface area contributed by atoms with E-state index in [9.17, 15) is 17.6 Å². The topological polar surface area (TPSA) is 66.5 Å². The molecule has 0 unspecified atom stereocenters. The zero-order valence-corrected chi connectivity index (χ0v) is 19.1. The predicted octanol–water partition coefficient (Wildman–Crippen LogP) is 5.00. The van der Waals surface area contributed by atoms with E-state index in [4.69, 9.17) is 0 Å². The summed E-state index contributed by atoms with van der Waals surface area (Å²) in [5.74, 6) is -1.12. The molecule has 3 aromatic rings. The molecule has 1 amide bonds. The summed E-state index contributed by atoms with van der Waals surface area (Å²) in [6.45, 7) is 3.31. The number of nitrogens with zero attached hydrogens (tertiary/aromatic N) is 1. The molecule has 0 saturated heterocycles. The van der Waals surface area contributed by atoms with E-state index < -0.39 is 28.3 Å². The molecule has 0 bridgehead atoms. The van der Waals surface area contributed by atoms with Gasteiger partial charge in [-0.3, -0.25) is 9.10 Å². The highest BCUT2D eigenvalue weighted by atomic mass is 32.2. The fourth-order valence-corrected chi connectivity index (χ4v) is 4.92. The molecule has 0 aliphatic rings. The van der Waals surface area contributed by atoms with Crippen LogP contribution in [0.5, 0.6) is 0 Å². The van der Waals surface area contributed by atoms with Gasteiger partial charge in [0.05, 0.1) is 10.6 Å². The molecule has 5 nitrogen and oxygen atoms in total. The van der Waals surface area contributed by atoms with E-state index in [1.54, 1.807) is 18.2 Å². The minimum atomic E-state index is -4.10. The normalized spacial score (nSPS) is 11.2. The molecule has 3 rings (SSSR count). The number of sulfonamides is 1. The standard InChI is InChI=1S/C23H23FN2O3S2/c1-16-7-12-22(17(2)13-16)25-23(27)15-26(19-6-4-5-18(24)14-19)31(28,29)21-10-8-20(30-3)9-11-21/h4-14H,15H2,1-3H3,(H,25,27). The molecule has 31 heavy (non-hydrogen) atoms. The number of aryl methyl sites for hydroxylation is 2. The molecule has 1 N–H and O–H groups in total. The van der Waals surface area contributed by atoms with Crippen LogP contribution in [0.25, 0.3) is 0 Å². The fraction of sp³-hybridized carbons (Fsp3) is 0.174. The van der Waals surface area contributed by atoms with Crippen LogP contribution in [0, 0.1) is 19.7 Å². The SMILES string of the molecule is CSc1ccc(S(=O)(=O)N(CC(=O)Nc2ccc(C)cc2C)c2cccc(F)c2)cc1. The predicted molar refractivity (Wildman–Crippen MR) is 124 cm³/mol. The van der Waals surface area contributed by atoms with Crippen molar-refractivity contribution in [3.05, 3.63) is 83.7 Å². The number of rotatable bonds is 7. The van der Waals surface area contributed by atoms with Gasteiger partial charge in [-0.1, -0.05) is 23.8 Å². The molecule has 162 valence electrons. The number of halogens is 1. The lowest BCUT2D eigenvalue weighted by atomic mass is 10.1. The maximum absolute atomic E-state index is 13.9. The Balaban J connectivity index is 1.95. The van der Waals surface area contributed by atoms with E-state index in [0.29, 0.717) is 5.69 Å².